The highest BCUT2D eigenvalue weighted by Gasteiger charge is 2.32. The van der Waals surface area contributed by atoms with Crippen LogP contribution in [-0.4, -0.2) is 35.2 Å². The number of benzene rings is 1. The van der Waals surface area contributed by atoms with Crippen LogP contribution in [0.5, 0.6) is 0 Å². The Labute approximate surface area is 172 Å². The van der Waals surface area contributed by atoms with Crippen molar-refractivity contribution in [2.45, 2.75) is 64.5 Å². The molecule has 0 bridgehead atoms. The van der Waals surface area contributed by atoms with E-state index in [-0.39, 0.29) is 23.7 Å². The molecule has 27 heavy (non-hydrogen) atoms. The first-order valence-electron chi connectivity index (χ1n) is 9.83. The highest BCUT2D eigenvalue weighted by molar-refractivity contribution is 6.30. The zero-order chi connectivity index (χ0) is 19.8. The Balaban J connectivity index is 2.28. The summed E-state index contributed by atoms with van der Waals surface area (Å²) in [6.45, 7) is 4.69. The van der Waals surface area contributed by atoms with E-state index >= 15 is 0 Å². The molecule has 1 aliphatic carbocycles. The van der Waals surface area contributed by atoms with E-state index in [0.717, 1.165) is 37.7 Å². The standard InChI is InChI=1S/C21H30Cl2N2O2/c1-15(2)12-13-25(19(26)14-22)20(16-8-10-17(23)11-9-16)21(27)24-18-6-4-3-5-7-18/h8-11,15,18,20H,3-7,12-14H2,1-2H3,(H,24,27). The molecule has 1 saturated carbocycles. The second-order valence-electron chi connectivity index (χ2n) is 7.70. The summed E-state index contributed by atoms with van der Waals surface area (Å²) in [6, 6.07) is 6.63. The number of nitrogens with one attached hydrogen (secondary N) is 1. The maximum Gasteiger partial charge on any atom is 0.247 e. The molecule has 1 atom stereocenters. The summed E-state index contributed by atoms with van der Waals surface area (Å²) >= 11 is 11.9. The van der Waals surface area contributed by atoms with Crippen molar-refractivity contribution in [2.75, 3.05) is 12.4 Å². The van der Waals surface area contributed by atoms with Gasteiger partial charge >= 0.3 is 0 Å². The first-order chi connectivity index (χ1) is 12.9. The van der Waals surface area contributed by atoms with Crippen molar-refractivity contribution in [3.8, 4) is 0 Å². The average Bonchev–Trinajstić information content (AvgIpc) is 2.66. The second kappa shape index (κ2) is 10.9. The van der Waals surface area contributed by atoms with Crippen molar-refractivity contribution in [2.24, 2.45) is 5.92 Å². The topological polar surface area (TPSA) is 49.4 Å². The number of nitrogens with zero attached hydrogens (tertiary/aromatic N) is 1. The lowest BCUT2D eigenvalue weighted by atomic mass is 9.94. The van der Waals surface area contributed by atoms with Gasteiger partial charge in [-0.1, -0.05) is 56.8 Å². The van der Waals surface area contributed by atoms with Gasteiger partial charge in [-0.15, -0.1) is 11.6 Å². The molecule has 150 valence electrons. The molecule has 1 N–H and O–H groups in total. The van der Waals surface area contributed by atoms with Crippen LogP contribution in [0.4, 0.5) is 0 Å². The zero-order valence-corrected chi connectivity index (χ0v) is 17.7. The Kier molecular flexibility index (Phi) is 8.91. The molecule has 0 spiro atoms. The van der Waals surface area contributed by atoms with E-state index in [1.54, 1.807) is 17.0 Å². The van der Waals surface area contributed by atoms with E-state index in [1.807, 2.05) is 12.1 Å². The number of hydrogen-bond acceptors (Lipinski definition) is 2. The van der Waals surface area contributed by atoms with Crippen LogP contribution in [0.3, 0.4) is 0 Å². The Hall–Kier alpha value is -1.26. The number of carbonyl (C=O) groups excluding carboxylic acids is 2. The molecule has 0 radical (unpaired) electrons. The number of amides is 2. The maximum absolute atomic E-state index is 13.2. The van der Waals surface area contributed by atoms with Crippen LogP contribution in [0.15, 0.2) is 24.3 Å². The molecule has 1 aromatic rings. The predicted octanol–water partition coefficient (Wildman–Crippen LogP) is 4.94. The molecule has 1 fully saturated rings. The van der Waals surface area contributed by atoms with Crippen molar-refractivity contribution in [1.29, 1.82) is 0 Å². The van der Waals surface area contributed by atoms with Crippen molar-refractivity contribution in [3.05, 3.63) is 34.9 Å². The third kappa shape index (κ3) is 6.69. The molecule has 2 rings (SSSR count). The fourth-order valence-corrected chi connectivity index (χ4v) is 3.80. The quantitative estimate of drug-likeness (QED) is 0.614. The number of alkyl halides is 1. The lowest BCUT2D eigenvalue weighted by Gasteiger charge is -2.33. The third-order valence-corrected chi connectivity index (χ3v) is 5.56. The van der Waals surface area contributed by atoms with E-state index in [4.69, 9.17) is 23.2 Å². The smallest absolute Gasteiger partial charge is 0.247 e. The number of halogens is 2. The summed E-state index contributed by atoms with van der Waals surface area (Å²) in [5.74, 6) is -0.0794. The number of hydrogen-bond donors (Lipinski definition) is 1. The largest absolute Gasteiger partial charge is 0.351 e. The molecule has 0 saturated heterocycles. The van der Waals surface area contributed by atoms with E-state index < -0.39 is 6.04 Å². The molecule has 0 heterocycles. The van der Waals surface area contributed by atoms with Crippen LogP contribution in [-0.2, 0) is 9.59 Å². The SMILES string of the molecule is CC(C)CCN(C(=O)CCl)C(C(=O)NC1CCCCC1)c1ccc(Cl)cc1. The van der Waals surface area contributed by atoms with Crippen molar-refractivity contribution in [3.63, 3.8) is 0 Å². The van der Waals surface area contributed by atoms with Crippen LogP contribution < -0.4 is 5.32 Å². The summed E-state index contributed by atoms with van der Waals surface area (Å²) in [7, 11) is 0. The van der Waals surface area contributed by atoms with Gasteiger partial charge in [0.05, 0.1) is 0 Å². The van der Waals surface area contributed by atoms with Crippen LogP contribution in [0.1, 0.15) is 64.0 Å². The van der Waals surface area contributed by atoms with Crippen molar-refractivity contribution in [1.82, 2.24) is 10.2 Å². The first-order valence-corrected chi connectivity index (χ1v) is 10.7. The van der Waals surface area contributed by atoms with Crippen molar-refractivity contribution >= 4 is 35.0 Å². The van der Waals surface area contributed by atoms with Gasteiger partial charge in [0.15, 0.2) is 0 Å². The molecule has 0 aliphatic heterocycles. The van der Waals surface area contributed by atoms with Crippen LogP contribution >= 0.6 is 23.2 Å². The lowest BCUT2D eigenvalue weighted by molar-refractivity contribution is -0.139. The van der Waals surface area contributed by atoms with E-state index in [2.05, 4.69) is 19.2 Å². The van der Waals surface area contributed by atoms with E-state index in [1.165, 1.54) is 6.42 Å². The minimum absolute atomic E-state index is 0.133. The molecule has 6 heteroatoms. The van der Waals surface area contributed by atoms with Crippen LogP contribution in [0.2, 0.25) is 5.02 Å². The summed E-state index contributed by atoms with van der Waals surface area (Å²) in [5, 5.41) is 3.77. The molecule has 2 amide bonds. The fourth-order valence-electron chi connectivity index (χ4n) is 3.52. The molecule has 0 aromatic heterocycles. The van der Waals surface area contributed by atoms with Crippen LogP contribution in [0.25, 0.3) is 0 Å². The molecule has 1 unspecified atom stereocenters. The summed E-state index contributed by atoms with van der Waals surface area (Å²) in [6.07, 6.45) is 6.28. The van der Waals surface area contributed by atoms with E-state index in [0.29, 0.717) is 17.5 Å². The average molecular weight is 413 g/mol. The second-order valence-corrected chi connectivity index (χ2v) is 8.40. The predicted molar refractivity (Wildman–Crippen MR) is 111 cm³/mol. The molecule has 4 nitrogen and oxygen atoms in total. The summed E-state index contributed by atoms with van der Waals surface area (Å²) in [4.78, 5) is 27.4. The highest BCUT2D eigenvalue weighted by Crippen LogP contribution is 2.26. The van der Waals surface area contributed by atoms with Gasteiger partial charge in [0, 0.05) is 17.6 Å². The molecular formula is C21H30Cl2N2O2. The molecule has 1 aromatic carbocycles. The Bertz CT molecular complexity index is 613. The highest BCUT2D eigenvalue weighted by atomic mass is 35.5. The normalized spacial score (nSPS) is 16.2. The number of rotatable bonds is 8. The Morgan fingerprint density at radius 1 is 1.15 bits per heavy atom. The van der Waals surface area contributed by atoms with Gasteiger partial charge in [-0.2, -0.15) is 0 Å². The van der Waals surface area contributed by atoms with Gasteiger partial charge in [-0.05, 0) is 42.9 Å². The zero-order valence-electron chi connectivity index (χ0n) is 16.2. The van der Waals surface area contributed by atoms with Gasteiger partial charge in [-0.25, -0.2) is 0 Å². The van der Waals surface area contributed by atoms with Crippen LogP contribution in [0, 0.1) is 5.92 Å². The Morgan fingerprint density at radius 2 is 1.78 bits per heavy atom. The van der Waals surface area contributed by atoms with Crippen molar-refractivity contribution < 1.29 is 9.59 Å². The molecule has 1 aliphatic rings. The van der Waals surface area contributed by atoms with Gasteiger partial charge in [0.1, 0.15) is 11.9 Å². The summed E-state index contributed by atoms with van der Waals surface area (Å²) in [5.41, 5.74) is 0.759. The van der Waals surface area contributed by atoms with E-state index in [9.17, 15) is 9.59 Å². The molecular weight excluding hydrogens is 383 g/mol. The third-order valence-electron chi connectivity index (χ3n) is 5.08. The van der Waals surface area contributed by atoms with Gasteiger partial charge < -0.3 is 10.2 Å². The van der Waals surface area contributed by atoms with Gasteiger partial charge in [-0.3, -0.25) is 9.59 Å². The minimum atomic E-state index is -0.686. The maximum atomic E-state index is 13.2. The minimum Gasteiger partial charge on any atom is -0.351 e. The Morgan fingerprint density at radius 3 is 2.33 bits per heavy atom. The van der Waals surface area contributed by atoms with Gasteiger partial charge in [0.25, 0.3) is 0 Å². The summed E-state index contributed by atoms with van der Waals surface area (Å²) < 4.78 is 0. The lowest BCUT2D eigenvalue weighted by Crippen LogP contribution is -2.47. The first kappa shape index (κ1) is 22.0. The van der Waals surface area contributed by atoms with Gasteiger partial charge in [0.2, 0.25) is 11.8 Å². The number of carbonyl (C=O) groups is 2. The monoisotopic (exact) mass is 412 g/mol. The fraction of sp³-hybridized carbons (Fsp3) is 0.619.